The van der Waals surface area contributed by atoms with Gasteiger partial charge in [0, 0.05) is 17.5 Å². The van der Waals surface area contributed by atoms with Gasteiger partial charge in [0.15, 0.2) is 0 Å². The summed E-state index contributed by atoms with van der Waals surface area (Å²) >= 11 is 0. The highest BCUT2D eigenvalue weighted by Crippen LogP contribution is 2.44. The quantitative estimate of drug-likeness (QED) is 0.571. The van der Waals surface area contributed by atoms with Crippen LogP contribution >= 0.6 is 0 Å². The predicted molar refractivity (Wildman–Crippen MR) is 121 cm³/mol. The molecule has 3 aromatic rings. The lowest BCUT2D eigenvalue weighted by Crippen LogP contribution is -2.45. The molecule has 3 aromatic carbocycles. The van der Waals surface area contributed by atoms with Gasteiger partial charge in [-0.25, -0.2) is 0 Å². The van der Waals surface area contributed by atoms with Crippen molar-refractivity contribution in [2.75, 3.05) is 0 Å². The number of aryl methyl sites for hydroxylation is 1. The zero-order valence-corrected chi connectivity index (χ0v) is 18.3. The second-order valence-electron chi connectivity index (χ2n) is 8.40. The van der Waals surface area contributed by atoms with Gasteiger partial charge >= 0.3 is 0 Å². The van der Waals surface area contributed by atoms with E-state index >= 15 is 0 Å². The fourth-order valence-electron chi connectivity index (χ4n) is 4.10. The molecule has 0 aliphatic carbocycles. The molecule has 0 radical (unpaired) electrons. The summed E-state index contributed by atoms with van der Waals surface area (Å²) in [5.41, 5.74) is 2.70. The average Bonchev–Trinajstić information content (AvgIpc) is 3.06. The molecule has 4 nitrogen and oxygen atoms in total. The average molecular weight is 419 g/mol. The number of hydrogen-bond donors (Lipinski definition) is 0. The molecule has 1 unspecified atom stereocenters. The summed E-state index contributed by atoms with van der Waals surface area (Å²) in [4.78, 5) is 0.257. The molecule has 1 aliphatic heterocycles. The van der Waals surface area contributed by atoms with Crippen LogP contribution < -0.4 is 0 Å². The third-order valence-electron chi connectivity index (χ3n) is 5.70. The summed E-state index contributed by atoms with van der Waals surface area (Å²) in [5.74, 6) is -0.162. The number of benzene rings is 3. The number of nitrogens with zero attached hydrogens (tertiary/aromatic N) is 2. The summed E-state index contributed by atoms with van der Waals surface area (Å²) in [5, 5.41) is 4.43. The van der Waals surface area contributed by atoms with Crippen LogP contribution in [0.15, 0.2) is 94.9 Å². The van der Waals surface area contributed by atoms with Gasteiger partial charge in [-0.15, -0.1) is 0 Å². The van der Waals surface area contributed by atoms with Crippen molar-refractivity contribution in [2.45, 2.75) is 37.6 Å². The maximum atomic E-state index is 13.6. The maximum absolute atomic E-state index is 13.6. The summed E-state index contributed by atoms with van der Waals surface area (Å²) in [6.07, 6.45) is 1.77. The van der Waals surface area contributed by atoms with E-state index in [2.05, 4.69) is 29.4 Å². The lowest BCUT2D eigenvalue weighted by molar-refractivity contribution is 0.239. The van der Waals surface area contributed by atoms with Gasteiger partial charge in [-0.05, 0) is 30.2 Å². The molecular formula is C25H26N2O2S. The van der Waals surface area contributed by atoms with E-state index in [0.29, 0.717) is 0 Å². The maximum Gasteiger partial charge on any atom is 0.279 e. The lowest BCUT2D eigenvalue weighted by atomic mass is 9.74. The first-order valence-electron chi connectivity index (χ1n) is 10.1. The third-order valence-corrected chi connectivity index (χ3v) is 7.38. The van der Waals surface area contributed by atoms with E-state index in [0.717, 1.165) is 16.7 Å². The molecule has 1 heterocycles. The van der Waals surface area contributed by atoms with E-state index in [1.54, 1.807) is 18.3 Å². The molecule has 154 valence electrons. The van der Waals surface area contributed by atoms with Gasteiger partial charge in [0.2, 0.25) is 0 Å². The van der Waals surface area contributed by atoms with E-state index in [9.17, 15) is 8.42 Å². The van der Waals surface area contributed by atoms with Crippen LogP contribution in [0.25, 0.3) is 0 Å². The second-order valence-corrected chi connectivity index (χ2v) is 10.2. The zero-order valence-electron chi connectivity index (χ0n) is 17.4. The van der Waals surface area contributed by atoms with Gasteiger partial charge in [-0.2, -0.15) is 17.9 Å². The van der Waals surface area contributed by atoms with E-state index < -0.39 is 21.5 Å². The summed E-state index contributed by atoms with van der Waals surface area (Å²) in [6.45, 7) is 6.03. The minimum atomic E-state index is -3.80. The number of rotatable bonds is 5. The molecule has 1 aliphatic rings. The molecule has 0 amide bonds. The Hall–Kier alpha value is -2.92. The molecule has 30 heavy (non-hydrogen) atoms. The van der Waals surface area contributed by atoms with Crippen molar-refractivity contribution in [1.82, 2.24) is 4.41 Å². The molecule has 1 atom stereocenters. The highest BCUT2D eigenvalue weighted by molar-refractivity contribution is 7.89. The van der Waals surface area contributed by atoms with Crippen LogP contribution in [0, 0.1) is 12.3 Å². The largest absolute Gasteiger partial charge is 0.279 e. The van der Waals surface area contributed by atoms with E-state index in [-0.39, 0.29) is 10.8 Å². The lowest BCUT2D eigenvalue weighted by Gasteiger charge is -2.38. The molecule has 4 rings (SSSR count). The van der Waals surface area contributed by atoms with E-state index in [1.165, 1.54) is 4.41 Å². The molecule has 0 fully saturated rings. The van der Waals surface area contributed by atoms with Crippen molar-refractivity contribution >= 4 is 16.2 Å². The van der Waals surface area contributed by atoms with Crippen LogP contribution in [0.3, 0.4) is 0 Å². The van der Waals surface area contributed by atoms with Crippen molar-refractivity contribution in [2.24, 2.45) is 10.5 Å². The first-order chi connectivity index (χ1) is 14.3. The van der Waals surface area contributed by atoms with Crippen LogP contribution in [-0.4, -0.2) is 25.1 Å². The molecule has 0 bridgehead atoms. The van der Waals surface area contributed by atoms with Gasteiger partial charge in [0.25, 0.3) is 10.0 Å². The van der Waals surface area contributed by atoms with Crippen LogP contribution in [0.2, 0.25) is 0 Å². The smallest absolute Gasteiger partial charge is 0.200 e. The van der Waals surface area contributed by atoms with Crippen molar-refractivity contribution in [1.29, 1.82) is 0 Å². The van der Waals surface area contributed by atoms with Crippen LogP contribution in [0.5, 0.6) is 0 Å². The van der Waals surface area contributed by atoms with E-state index in [1.807, 2.05) is 69.3 Å². The Morgan fingerprint density at radius 2 is 1.33 bits per heavy atom. The Kier molecular flexibility index (Phi) is 5.24. The van der Waals surface area contributed by atoms with Crippen LogP contribution in [0.4, 0.5) is 0 Å². The molecule has 0 aromatic heterocycles. The van der Waals surface area contributed by atoms with Crippen molar-refractivity contribution in [3.05, 3.63) is 102 Å². The minimum Gasteiger partial charge on any atom is -0.200 e. The second kappa shape index (κ2) is 7.73. The highest BCUT2D eigenvalue weighted by atomic mass is 32.2. The van der Waals surface area contributed by atoms with Gasteiger partial charge in [0.1, 0.15) is 0 Å². The first-order valence-corrected chi connectivity index (χ1v) is 11.5. The summed E-state index contributed by atoms with van der Waals surface area (Å²) in [6, 6.07) is 26.7. The molecule has 0 N–H and O–H groups in total. The Labute approximate surface area is 178 Å². The molecule has 0 saturated carbocycles. The minimum absolute atomic E-state index is 0.162. The zero-order chi connectivity index (χ0) is 21.4. The first kappa shape index (κ1) is 20.4. The molecule has 0 saturated heterocycles. The van der Waals surface area contributed by atoms with Gasteiger partial charge in [0.05, 0.1) is 10.9 Å². The van der Waals surface area contributed by atoms with Crippen LogP contribution in [0.1, 0.15) is 36.5 Å². The molecule has 5 heteroatoms. The van der Waals surface area contributed by atoms with Crippen molar-refractivity contribution in [3.8, 4) is 0 Å². The third kappa shape index (κ3) is 3.65. The monoisotopic (exact) mass is 418 g/mol. The SMILES string of the molecule is Cc1ccc(S(=O)(=O)N2N=CC(C)(C)C2C(c2ccccc2)c2ccccc2)cc1. The fraction of sp³-hybridized carbons (Fsp3) is 0.240. The van der Waals surface area contributed by atoms with Gasteiger partial charge in [-0.3, -0.25) is 0 Å². The fourth-order valence-corrected chi connectivity index (χ4v) is 5.66. The normalized spacial score (nSPS) is 18.1. The van der Waals surface area contributed by atoms with Crippen molar-refractivity contribution < 1.29 is 8.42 Å². The van der Waals surface area contributed by atoms with Gasteiger partial charge in [-0.1, -0.05) is 92.2 Å². The highest BCUT2D eigenvalue weighted by Gasteiger charge is 2.48. The Morgan fingerprint density at radius 1 is 0.833 bits per heavy atom. The van der Waals surface area contributed by atoms with Crippen LogP contribution in [-0.2, 0) is 10.0 Å². The number of sulfonamides is 1. The Bertz CT molecular complexity index is 1100. The van der Waals surface area contributed by atoms with E-state index in [4.69, 9.17) is 0 Å². The Balaban J connectivity index is 1.87. The van der Waals surface area contributed by atoms with Gasteiger partial charge < -0.3 is 0 Å². The molecular weight excluding hydrogens is 392 g/mol. The Morgan fingerprint density at radius 3 is 1.83 bits per heavy atom. The number of hydrazone groups is 1. The standard InChI is InChI=1S/C25H26N2O2S/c1-19-14-16-22(17-15-19)30(28,29)27-24(25(2,3)18-26-27)23(20-10-6-4-7-11-20)21-12-8-5-9-13-21/h4-18,23-24H,1-3H3. The van der Waals surface area contributed by atoms with Crippen molar-refractivity contribution in [3.63, 3.8) is 0 Å². The predicted octanol–water partition coefficient (Wildman–Crippen LogP) is 5.21. The number of hydrogen-bond acceptors (Lipinski definition) is 3. The summed E-state index contributed by atoms with van der Waals surface area (Å²) < 4.78 is 28.6. The molecule has 0 spiro atoms. The topological polar surface area (TPSA) is 49.7 Å². The summed E-state index contributed by atoms with van der Waals surface area (Å²) in [7, 11) is -3.80.